The number of aromatic nitrogens is 4. The van der Waals surface area contributed by atoms with Crippen LogP contribution in [0.1, 0.15) is 67.5 Å². The monoisotopic (exact) mass is 554 g/mol. The Morgan fingerprint density at radius 1 is 1.00 bits per heavy atom. The molecule has 1 amide bonds. The fourth-order valence-corrected chi connectivity index (χ4v) is 6.27. The van der Waals surface area contributed by atoms with Crippen LogP contribution in [0.4, 0.5) is 11.7 Å². The zero-order valence-electron chi connectivity index (χ0n) is 23.6. The summed E-state index contributed by atoms with van der Waals surface area (Å²) in [6.07, 6.45) is 12.9. The molecule has 0 spiro atoms. The minimum atomic E-state index is -0.0290. The molecule has 3 fully saturated rings. The van der Waals surface area contributed by atoms with Gasteiger partial charge in [-0.1, -0.05) is 25.0 Å². The number of anilines is 2. The summed E-state index contributed by atoms with van der Waals surface area (Å²) in [4.78, 5) is 24.0. The molecule has 214 valence electrons. The molecule has 1 saturated heterocycles. The summed E-state index contributed by atoms with van der Waals surface area (Å²) in [5.74, 6) is 1.43. The average molecular weight is 555 g/mol. The Labute approximate surface area is 239 Å². The Morgan fingerprint density at radius 2 is 1.88 bits per heavy atom. The van der Waals surface area contributed by atoms with Gasteiger partial charge in [-0.25, -0.2) is 14.5 Å². The molecule has 41 heavy (non-hydrogen) atoms. The van der Waals surface area contributed by atoms with Gasteiger partial charge in [0.2, 0.25) is 0 Å². The first-order valence-corrected chi connectivity index (χ1v) is 15.0. The number of nitrogens with one attached hydrogen (secondary N) is 3. The van der Waals surface area contributed by atoms with E-state index in [1.165, 1.54) is 18.5 Å². The number of carbonyl (C=O) groups excluding carboxylic acids is 1. The van der Waals surface area contributed by atoms with Crippen LogP contribution in [-0.2, 0) is 0 Å². The number of amides is 1. The molecule has 0 bridgehead atoms. The van der Waals surface area contributed by atoms with Crippen molar-refractivity contribution in [1.82, 2.24) is 30.2 Å². The molecule has 10 nitrogen and oxygen atoms in total. The molecule has 7 rings (SSSR count). The molecule has 2 saturated carbocycles. The largest absolute Gasteiger partial charge is 0.424 e. The standard InChI is InChI=1S/C31H38N8O2/c1-20-33-29-14-13-25(19-39(29)37-20)38-15-5-8-24(18-38)34-26-9-2-3-10-27(26)36-31-32-17-28(41-31)21-6-4-7-22(16-21)30(40)35-23-11-12-23/h4,6-7,13-14,16-17,19,23-24,26-27,34H,2-3,5,8-12,15,18H2,1H3,(H,32,36)(H,35,40)/t24-,26+,27?/m0/s1. The molecule has 4 heterocycles. The van der Waals surface area contributed by atoms with Gasteiger partial charge >= 0.3 is 0 Å². The molecule has 1 unspecified atom stereocenters. The Hall–Kier alpha value is -3.92. The number of aryl methyl sites for hydroxylation is 1. The minimum absolute atomic E-state index is 0.0290. The lowest BCUT2D eigenvalue weighted by Crippen LogP contribution is -2.54. The van der Waals surface area contributed by atoms with Crippen molar-refractivity contribution in [2.24, 2.45) is 0 Å². The van der Waals surface area contributed by atoms with Crippen molar-refractivity contribution < 1.29 is 9.21 Å². The van der Waals surface area contributed by atoms with Gasteiger partial charge in [-0.05, 0) is 69.7 Å². The molecule has 2 aliphatic carbocycles. The van der Waals surface area contributed by atoms with Gasteiger partial charge in [0, 0.05) is 48.4 Å². The second-order valence-corrected chi connectivity index (χ2v) is 11.8. The highest BCUT2D eigenvalue weighted by Gasteiger charge is 2.30. The van der Waals surface area contributed by atoms with Gasteiger partial charge in [-0.2, -0.15) is 5.10 Å². The number of benzene rings is 1. The van der Waals surface area contributed by atoms with Crippen molar-refractivity contribution >= 4 is 23.3 Å². The number of piperidine rings is 1. The minimum Gasteiger partial charge on any atom is -0.424 e. The van der Waals surface area contributed by atoms with Crippen molar-refractivity contribution in [3.8, 4) is 11.3 Å². The number of rotatable bonds is 8. The van der Waals surface area contributed by atoms with Crippen LogP contribution in [-0.4, -0.2) is 62.7 Å². The molecule has 4 aromatic rings. The van der Waals surface area contributed by atoms with Gasteiger partial charge in [-0.3, -0.25) is 4.79 Å². The SMILES string of the molecule is Cc1nc2ccc(N3CCC[C@H](N[C@@H]4CCCCC4Nc4ncc(-c5cccc(C(=O)NC6CC6)c5)o4)C3)cn2n1. The molecule has 3 aromatic heterocycles. The number of hydrogen-bond acceptors (Lipinski definition) is 8. The first-order chi connectivity index (χ1) is 20.1. The fourth-order valence-electron chi connectivity index (χ4n) is 6.27. The fraction of sp³-hybridized carbons (Fsp3) is 0.484. The molecular formula is C31H38N8O2. The van der Waals surface area contributed by atoms with E-state index < -0.39 is 0 Å². The van der Waals surface area contributed by atoms with Crippen LogP contribution in [0.3, 0.4) is 0 Å². The normalized spacial score (nSPS) is 23.0. The van der Waals surface area contributed by atoms with Crippen molar-refractivity contribution in [1.29, 1.82) is 0 Å². The summed E-state index contributed by atoms with van der Waals surface area (Å²) in [5, 5.41) is 15.1. The summed E-state index contributed by atoms with van der Waals surface area (Å²) < 4.78 is 8.03. The summed E-state index contributed by atoms with van der Waals surface area (Å²) >= 11 is 0. The van der Waals surface area contributed by atoms with Crippen molar-refractivity contribution in [3.63, 3.8) is 0 Å². The highest BCUT2D eigenvalue weighted by atomic mass is 16.4. The smallest absolute Gasteiger partial charge is 0.295 e. The Kier molecular flexibility index (Phi) is 7.08. The molecule has 1 aromatic carbocycles. The van der Waals surface area contributed by atoms with Gasteiger partial charge in [-0.15, -0.1) is 0 Å². The van der Waals surface area contributed by atoms with E-state index in [4.69, 9.17) is 4.42 Å². The van der Waals surface area contributed by atoms with E-state index in [-0.39, 0.29) is 11.9 Å². The Bertz CT molecular complexity index is 1530. The van der Waals surface area contributed by atoms with E-state index in [9.17, 15) is 4.79 Å². The van der Waals surface area contributed by atoms with Crippen molar-refractivity contribution in [2.75, 3.05) is 23.3 Å². The zero-order chi connectivity index (χ0) is 27.8. The van der Waals surface area contributed by atoms with Crippen LogP contribution in [0.5, 0.6) is 0 Å². The number of oxazole rings is 1. The van der Waals surface area contributed by atoms with E-state index in [2.05, 4.69) is 54.2 Å². The van der Waals surface area contributed by atoms with Crippen molar-refractivity contribution in [3.05, 3.63) is 60.2 Å². The highest BCUT2D eigenvalue weighted by molar-refractivity contribution is 5.95. The Balaban J connectivity index is 0.995. The molecule has 1 aliphatic heterocycles. The topological polar surface area (TPSA) is 113 Å². The third-order valence-electron chi connectivity index (χ3n) is 8.56. The lowest BCUT2D eigenvalue weighted by Gasteiger charge is -2.40. The maximum atomic E-state index is 12.5. The maximum absolute atomic E-state index is 12.5. The molecule has 10 heteroatoms. The van der Waals surface area contributed by atoms with E-state index in [1.807, 2.05) is 35.7 Å². The van der Waals surface area contributed by atoms with Crippen LogP contribution in [0.25, 0.3) is 17.0 Å². The predicted octanol–water partition coefficient (Wildman–Crippen LogP) is 4.57. The van der Waals surface area contributed by atoms with Crippen LogP contribution in [0.15, 0.2) is 53.2 Å². The van der Waals surface area contributed by atoms with Crippen LogP contribution < -0.4 is 20.9 Å². The number of pyridine rings is 1. The summed E-state index contributed by atoms with van der Waals surface area (Å²) in [6, 6.07) is 13.7. The summed E-state index contributed by atoms with van der Waals surface area (Å²) in [7, 11) is 0. The predicted molar refractivity (Wildman–Crippen MR) is 158 cm³/mol. The van der Waals surface area contributed by atoms with Gasteiger partial charge in [0.05, 0.1) is 18.1 Å². The highest BCUT2D eigenvalue weighted by Crippen LogP contribution is 2.28. The second kappa shape index (κ2) is 11.2. The van der Waals surface area contributed by atoms with E-state index in [1.54, 1.807) is 6.20 Å². The van der Waals surface area contributed by atoms with E-state index in [0.29, 0.717) is 35.5 Å². The van der Waals surface area contributed by atoms with Gasteiger partial charge in [0.25, 0.3) is 11.9 Å². The molecule has 3 atom stereocenters. The Morgan fingerprint density at radius 3 is 2.76 bits per heavy atom. The molecule has 3 N–H and O–H groups in total. The number of hydrogen-bond donors (Lipinski definition) is 3. The lowest BCUT2D eigenvalue weighted by atomic mass is 9.89. The number of fused-ring (bicyclic) bond motifs is 1. The third kappa shape index (κ3) is 5.93. The van der Waals surface area contributed by atoms with Gasteiger partial charge in [0.1, 0.15) is 5.82 Å². The summed E-state index contributed by atoms with van der Waals surface area (Å²) in [5.41, 5.74) is 3.58. The quantitative estimate of drug-likeness (QED) is 0.291. The number of carbonyl (C=O) groups is 1. The van der Waals surface area contributed by atoms with Crippen molar-refractivity contribution in [2.45, 2.75) is 82.5 Å². The average Bonchev–Trinajstić information content (AvgIpc) is 3.54. The molecule has 3 aliphatic rings. The van der Waals surface area contributed by atoms with Crippen LogP contribution >= 0.6 is 0 Å². The first kappa shape index (κ1) is 26.0. The summed E-state index contributed by atoms with van der Waals surface area (Å²) in [6.45, 7) is 3.94. The maximum Gasteiger partial charge on any atom is 0.295 e. The molecule has 0 radical (unpaired) electrons. The van der Waals surface area contributed by atoms with Gasteiger partial charge < -0.3 is 25.3 Å². The van der Waals surface area contributed by atoms with Crippen LogP contribution in [0, 0.1) is 6.92 Å². The third-order valence-corrected chi connectivity index (χ3v) is 8.56. The number of nitrogens with zero attached hydrogens (tertiary/aromatic N) is 5. The second-order valence-electron chi connectivity index (χ2n) is 11.8. The van der Waals surface area contributed by atoms with E-state index in [0.717, 1.165) is 68.6 Å². The zero-order valence-corrected chi connectivity index (χ0v) is 23.6. The first-order valence-electron chi connectivity index (χ1n) is 15.0. The molecular weight excluding hydrogens is 516 g/mol. The van der Waals surface area contributed by atoms with Gasteiger partial charge in [0.15, 0.2) is 11.4 Å². The van der Waals surface area contributed by atoms with Crippen LogP contribution in [0.2, 0.25) is 0 Å². The lowest BCUT2D eigenvalue weighted by molar-refractivity contribution is 0.0951. The van der Waals surface area contributed by atoms with E-state index >= 15 is 0 Å².